The molecule has 0 radical (unpaired) electrons. The Bertz CT molecular complexity index is 1210. The van der Waals surface area contributed by atoms with Gasteiger partial charge in [0.05, 0.1) is 17.4 Å². The molecule has 0 spiro atoms. The second-order valence-electron chi connectivity index (χ2n) is 9.02. The average molecular weight is 502 g/mol. The van der Waals surface area contributed by atoms with Gasteiger partial charge < -0.3 is 15.2 Å². The zero-order valence-corrected chi connectivity index (χ0v) is 19.9. The summed E-state index contributed by atoms with van der Waals surface area (Å²) in [6.45, 7) is 0.812. The maximum Gasteiger partial charge on any atom is 0.387 e. The first kappa shape index (κ1) is 24.7. The predicted molar refractivity (Wildman–Crippen MR) is 122 cm³/mol. The molecule has 2 aromatic heterocycles. The average Bonchev–Trinajstić information content (AvgIpc) is 3.13. The molecular weight excluding hydrogens is 472 g/mol. The summed E-state index contributed by atoms with van der Waals surface area (Å²) >= 11 is 0. The molecule has 0 aromatic carbocycles. The van der Waals surface area contributed by atoms with Gasteiger partial charge in [-0.1, -0.05) is 0 Å². The number of nitrogens with one attached hydrogen (secondary N) is 1. The van der Waals surface area contributed by atoms with E-state index >= 15 is 0 Å². The van der Waals surface area contributed by atoms with Crippen LogP contribution in [-0.2, 0) is 10.0 Å². The molecule has 1 saturated heterocycles. The van der Waals surface area contributed by atoms with Gasteiger partial charge in [0.15, 0.2) is 5.75 Å². The molecule has 10 nitrogen and oxygen atoms in total. The molecule has 1 aliphatic carbocycles. The standard InChI is InChI=1S/C21H29F2N5O5S/c1-3-34(31,32)27-9-6-14(7-10-27)25-20-24-12-13-11-15(33-19(22)23)18(29)28(17(13)26-20)16-5-4-8-21(16,2)30/h11-12,14,16,19,30H,3-10H2,1-2H3,(H,24,25,26)/t16-,21-/m1/s1. The first-order chi connectivity index (χ1) is 16.0. The Hall–Kier alpha value is -2.38. The van der Waals surface area contributed by atoms with E-state index in [1.807, 2.05) is 0 Å². The molecule has 3 heterocycles. The Labute approximate surface area is 196 Å². The number of piperidine rings is 1. The van der Waals surface area contributed by atoms with E-state index in [1.54, 1.807) is 13.8 Å². The minimum absolute atomic E-state index is 0.0542. The fraction of sp³-hybridized carbons (Fsp3) is 0.667. The van der Waals surface area contributed by atoms with E-state index in [0.717, 1.165) is 0 Å². The lowest BCUT2D eigenvalue weighted by Crippen LogP contribution is -2.43. The lowest BCUT2D eigenvalue weighted by atomic mass is 10.00. The summed E-state index contributed by atoms with van der Waals surface area (Å²) in [4.78, 5) is 21.9. The van der Waals surface area contributed by atoms with Gasteiger partial charge in [-0.2, -0.15) is 13.8 Å². The summed E-state index contributed by atoms with van der Waals surface area (Å²) in [6.07, 6.45) is 4.15. The first-order valence-corrected chi connectivity index (χ1v) is 13.0. The van der Waals surface area contributed by atoms with Crippen molar-refractivity contribution in [2.24, 2.45) is 0 Å². The molecule has 2 N–H and O–H groups in total. The van der Waals surface area contributed by atoms with Crippen LogP contribution in [0.15, 0.2) is 17.1 Å². The molecular formula is C21H29F2N5O5S. The molecule has 2 fully saturated rings. The van der Waals surface area contributed by atoms with Crippen molar-refractivity contribution >= 4 is 27.0 Å². The lowest BCUT2D eigenvalue weighted by Gasteiger charge is -2.31. The first-order valence-electron chi connectivity index (χ1n) is 11.4. The van der Waals surface area contributed by atoms with Crippen LogP contribution >= 0.6 is 0 Å². The van der Waals surface area contributed by atoms with Crippen molar-refractivity contribution in [2.75, 3.05) is 24.2 Å². The van der Waals surface area contributed by atoms with Gasteiger partial charge in [0.2, 0.25) is 16.0 Å². The van der Waals surface area contributed by atoms with E-state index in [4.69, 9.17) is 0 Å². The van der Waals surface area contributed by atoms with Crippen molar-refractivity contribution in [1.29, 1.82) is 0 Å². The highest BCUT2D eigenvalue weighted by Gasteiger charge is 2.40. The highest BCUT2D eigenvalue weighted by atomic mass is 32.2. The minimum atomic E-state index is -3.24. The minimum Gasteiger partial charge on any atom is -0.429 e. The molecule has 13 heteroatoms. The number of ether oxygens (including phenoxy) is 1. The molecule has 34 heavy (non-hydrogen) atoms. The number of sulfonamides is 1. The monoisotopic (exact) mass is 501 g/mol. The maximum absolute atomic E-state index is 13.1. The van der Waals surface area contributed by atoms with Crippen molar-refractivity contribution in [1.82, 2.24) is 18.8 Å². The number of anilines is 1. The second kappa shape index (κ2) is 9.34. The van der Waals surface area contributed by atoms with Gasteiger partial charge in [0.1, 0.15) is 5.65 Å². The third-order valence-electron chi connectivity index (χ3n) is 6.69. The normalized spacial score (nSPS) is 24.7. The van der Waals surface area contributed by atoms with E-state index in [1.165, 1.54) is 21.1 Å². The number of aliphatic hydroxyl groups is 1. The molecule has 4 rings (SSSR count). The van der Waals surface area contributed by atoms with Gasteiger partial charge in [-0.25, -0.2) is 17.7 Å². The van der Waals surface area contributed by atoms with Crippen LogP contribution in [0.25, 0.3) is 11.0 Å². The van der Waals surface area contributed by atoms with Crippen molar-refractivity contribution in [2.45, 2.75) is 70.2 Å². The summed E-state index contributed by atoms with van der Waals surface area (Å²) in [5.41, 5.74) is -1.79. The summed E-state index contributed by atoms with van der Waals surface area (Å²) in [7, 11) is -3.24. The van der Waals surface area contributed by atoms with Crippen LogP contribution in [0.1, 0.15) is 52.0 Å². The maximum atomic E-state index is 13.1. The lowest BCUT2D eigenvalue weighted by molar-refractivity contribution is -0.0513. The van der Waals surface area contributed by atoms with E-state index in [-0.39, 0.29) is 23.4 Å². The molecule has 1 aliphatic heterocycles. The third kappa shape index (κ3) is 4.86. The van der Waals surface area contributed by atoms with E-state index in [0.29, 0.717) is 50.6 Å². The predicted octanol–water partition coefficient (Wildman–Crippen LogP) is 2.09. The summed E-state index contributed by atoms with van der Waals surface area (Å²) in [5, 5.41) is 14.4. The number of rotatable bonds is 7. The number of aromatic nitrogens is 3. The van der Waals surface area contributed by atoms with Gasteiger partial charge in [-0.15, -0.1) is 0 Å². The largest absolute Gasteiger partial charge is 0.429 e. The SMILES string of the molecule is CCS(=O)(=O)N1CCC(Nc2ncc3cc(OC(F)F)c(=O)n([C@@H]4CCC[C@@]4(C)O)c3n2)CC1. The topological polar surface area (TPSA) is 127 Å². The van der Waals surface area contributed by atoms with Gasteiger partial charge in [0, 0.05) is 30.7 Å². The number of nitrogens with zero attached hydrogens (tertiary/aromatic N) is 4. The fourth-order valence-electron chi connectivity index (χ4n) is 4.82. The van der Waals surface area contributed by atoms with Gasteiger partial charge in [-0.05, 0) is 52.0 Å². The Morgan fingerprint density at radius 3 is 2.62 bits per heavy atom. The number of alkyl halides is 2. The molecule has 0 amide bonds. The van der Waals surface area contributed by atoms with Crippen molar-refractivity contribution in [3.8, 4) is 5.75 Å². The van der Waals surface area contributed by atoms with Crippen molar-refractivity contribution in [3.63, 3.8) is 0 Å². The number of hydrogen-bond acceptors (Lipinski definition) is 8. The smallest absolute Gasteiger partial charge is 0.387 e. The van der Waals surface area contributed by atoms with Gasteiger partial charge in [-0.3, -0.25) is 9.36 Å². The van der Waals surface area contributed by atoms with Gasteiger partial charge in [0.25, 0.3) is 5.56 Å². The van der Waals surface area contributed by atoms with Crippen molar-refractivity contribution < 1.29 is 27.0 Å². The fourth-order valence-corrected chi connectivity index (χ4v) is 5.95. The number of hydrogen-bond donors (Lipinski definition) is 2. The summed E-state index contributed by atoms with van der Waals surface area (Å²) in [5.74, 6) is -0.241. The van der Waals surface area contributed by atoms with E-state index < -0.39 is 39.6 Å². The Balaban J connectivity index is 1.66. The molecule has 1 saturated carbocycles. The molecule has 2 aromatic rings. The highest BCUT2D eigenvalue weighted by Crippen LogP contribution is 2.40. The zero-order valence-electron chi connectivity index (χ0n) is 19.1. The van der Waals surface area contributed by atoms with Crippen molar-refractivity contribution in [3.05, 3.63) is 22.6 Å². The van der Waals surface area contributed by atoms with Crippen LogP contribution in [0.2, 0.25) is 0 Å². The van der Waals surface area contributed by atoms with Crippen LogP contribution in [-0.4, -0.2) is 69.5 Å². The Kier molecular flexibility index (Phi) is 6.80. The Morgan fingerprint density at radius 1 is 1.32 bits per heavy atom. The second-order valence-corrected chi connectivity index (χ2v) is 11.3. The van der Waals surface area contributed by atoms with Crippen LogP contribution in [0.3, 0.4) is 0 Å². The molecule has 188 valence electrons. The molecule has 0 bridgehead atoms. The zero-order chi connectivity index (χ0) is 24.7. The molecule has 0 unspecified atom stereocenters. The highest BCUT2D eigenvalue weighted by molar-refractivity contribution is 7.89. The molecule has 2 atom stereocenters. The Morgan fingerprint density at radius 2 is 2.03 bits per heavy atom. The van der Waals surface area contributed by atoms with Crippen LogP contribution < -0.4 is 15.6 Å². The number of fused-ring (bicyclic) bond motifs is 1. The quantitative estimate of drug-likeness (QED) is 0.591. The van der Waals surface area contributed by atoms with Gasteiger partial charge >= 0.3 is 6.61 Å². The third-order valence-corrected chi connectivity index (χ3v) is 8.57. The van der Waals surface area contributed by atoms with Crippen LogP contribution in [0, 0.1) is 0 Å². The number of halogens is 2. The number of pyridine rings is 1. The van der Waals surface area contributed by atoms with E-state index in [2.05, 4.69) is 20.0 Å². The summed E-state index contributed by atoms with van der Waals surface area (Å²) in [6, 6.07) is 0.452. The van der Waals surface area contributed by atoms with E-state index in [9.17, 15) is 27.1 Å². The summed E-state index contributed by atoms with van der Waals surface area (Å²) < 4.78 is 57.1. The van der Waals surface area contributed by atoms with Crippen LogP contribution in [0.5, 0.6) is 5.75 Å². The van der Waals surface area contributed by atoms with Crippen LogP contribution in [0.4, 0.5) is 14.7 Å². The molecule has 2 aliphatic rings.